The molecule has 0 spiro atoms. The quantitative estimate of drug-likeness (QED) is 0.703. The summed E-state index contributed by atoms with van der Waals surface area (Å²) >= 11 is 1.42. The number of rotatable bonds is 4. The fraction of sp³-hybridized carbons (Fsp3) is 0.650. The molecule has 0 unspecified atom stereocenters. The summed E-state index contributed by atoms with van der Waals surface area (Å²) in [5.74, 6) is 0.147. The highest BCUT2D eigenvalue weighted by molar-refractivity contribution is 7.12. The van der Waals surface area contributed by atoms with E-state index in [0.29, 0.717) is 70.4 Å². The summed E-state index contributed by atoms with van der Waals surface area (Å²) in [6.45, 7) is 6.16. The molecule has 3 fully saturated rings. The van der Waals surface area contributed by atoms with Crippen LogP contribution in [-0.4, -0.2) is 109 Å². The third-order valence-corrected chi connectivity index (χ3v) is 6.80. The highest BCUT2D eigenvalue weighted by Gasteiger charge is 2.38. The lowest BCUT2D eigenvalue weighted by Gasteiger charge is -2.38. The standard InChI is InChI=1S/C20H28N4O4S/c25-18(22-10-12-28-13-11-22)15-21-6-8-23(9-7-21)19(26)16-3-1-5-24(16)20(27)17-4-2-14-29-17/h2,4,14,16H,1,3,5-13,15H2/t16-/m0/s1. The Morgan fingerprint density at radius 2 is 1.76 bits per heavy atom. The van der Waals surface area contributed by atoms with Gasteiger partial charge >= 0.3 is 0 Å². The van der Waals surface area contributed by atoms with Crippen molar-refractivity contribution in [3.63, 3.8) is 0 Å². The number of carbonyl (C=O) groups is 3. The molecule has 9 heteroatoms. The molecule has 4 rings (SSSR count). The Labute approximate surface area is 175 Å². The first kappa shape index (κ1) is 20.3. The number of morpholine rings is 1. The number of piperazine rings is 1. The third-order valence-electron chi connectivity index (χ3n) is 5.94. The molecule has 1 aromatic heterocycles. The predicted octanol–water partition coefficient (Wildman–Crippen LogP) is 0.356. The molecule has 3 amide bonds. The lowest BCUT2D eigenvalue weighted by molar-refractivity contribution is -0.139. The summed E-state index contributed by atoms with van der Waals surface area (Å²) < 4.78 is 5.30. The Kier molecular flexibility index (Phi) is 6.46. The van der Waals surface area contributed by atoms with Gasteiger partial charge in [-0.25, -0.2) is 0 Å². The van der Waals surface area contributed by atoms with Gasteiger partial charge in [-0.2, -0.15) is 0 Å². The molecule has 0 aromatic carbocycles. The van der Waals surface area contributed by atoms with Crippen molar-refractivity contribution in [3.8, 4) is 0 Å². The maximum atomic E-state index is 13.1. The third kappa shape index (κ3) is 4.62. The first-order chi connectivity index (χ1) is 14.1. The van der Waals surface area contributed by atoms with Gasteiger partial charge in [-0.1, -0.05) is 6.07 Å². The van der Waals surface area contributed by atoms with Crippen LogP contribution in [0.1, 0.15) is 22.5 Å². The molecule has 3 aliphatic rings. The van der Waals surface area contributed by atoms with Gasteiger partial charge in [-0.05, 0) is 24.3 Å². The van der Waals surface area contributed by atoms with Crippen molar-refractivity contribution >= 4 is 29.1 Å². The Bertz CT molecular complexity index is 727. The van der Waals surface area contributed by atoms with Gasteiger partial charge in [0.2, 0.25) is 11.8 Å². The van der Waals surface area contributed by atoms with E-state index in [2.05, 4.69) is 4.90 Å². The van der Waals surface area contributed by atoms with Gasteiger partial charge in [0.15, 0.2) is 0 Å². The van der Waals surface area contributed by atoms with Gasteiger partial charge in [-0.3, -0.25) is 19.3 Å². The van der Waals surface area contributed by atoms with Crippen LogP contribution in [0.5, 0.6) is 0 Å². The molecule has 29 heavy (non-hydrogen) atoms. The molecule has 0 saturated carbocycles. The predicted molar refractivity (Wildman–Crippen MR) is 109 cm³/mol. The van der Waals surface area contributed by atoms with Gasteiger partial charge in [0.05, 0.1) is 24.6 Å². The molecule has 3 saturated heterocycles. The number of thiophene rings is 1. The van der Waals surface area contributed by atoms with E-state index >= 15 is 0 Å². The fourth-order valence-corrected chi connectivity index (χ4v) is 4.93. The molecule has 0 N–H and O–H groups in total. The van der Waals surface area contributed by atoms with Crippen molar-refractivity contribution in [1.29, 1.82) is 0 Å². The molecule has 0 bridgehead atoms. The van der Waals surface area contributed by atoms with Gasteiger partial charge < -0.3 is 19.4 Å². The number of carbonyl (C=O) groups excluding carboxylic acids is 3. The van der Waals surface area contributed by atoms with Crippen molar-refractivity contribution < 1.29 is 19.1 Å². The number of hydrogen-bond donors (Lipinski definition) is 0. The zero-order valence-electron chi connectivity index (χ0n) is 16.6. The van der Waals surface area contributed by atoms with Crippen molar-refractivity contribution in [1.82, 2.24) is 19.6 Å². The van der Waals surface area contributed by atoms with Crippen molar-refractivity contribution in [3.05, 3.63) is 22.4 Å². The van der Waals surface area contributed by atoms with Crippen LogP contribution in [0.4, 0.5) is 0 Å². The second-order valence-electron chi connectivity index (χ2n) is 7.73. The van der Waals surface area contributed by atoms with E-state index in [9.17, 15) is 14.4 Å². The maximum absolute atomic E-state index is 13.1. The smallest absolute Gasteiger partial charge is 0.264 e. The van der Waals surface area contributed by atoms with Crippen LogP contribution in [-0.2, 0) is 14.3 Å². The molecule has 8 nitrogen and oxygen atoms in total. The summed E-state index contributed by atoms with van der Waals surface area (Å²) in [6, 6.07) is 3.32. The minimum atomic E-state index is -0.355. The van der Waals surface area contributed by atoms with Gasteiger partial charge in [0.1, 0.15) is 6.04 Å². The normalized spacial score (nSPS) is 23.4. The monoisotopic (exact) mass is 420 g/mol. The summed E-state index contributed by atoms with van der Waals surface area (Å²) in [6.07, 6.45) is 1.59. The molecular weight excluding hydrogens is 392 g/mol. The first-order valence-electron chi connectivity index (χ1n) is 10.3. The van der Waals surface area contributed by atoms with Crippen molar-refractivity contribution in [2.24, 2.45) is 0 Å². The van der Waals surface area contributed by atoms with Crippen LogP contribution in [0.15, 0.2) is 17.5 Å². The average Bonchev–Trinajstić information content (AvgIpc) is 3.46. The van der Waals surface area contributed by atoms with E-state index in [1.807, 2.05) is 27.3 Å². The molecule has 1 atom stereocenters. The molecule has 1 aromatic rings. The lowest BCUT2D eigenvalue weighted by Crippen LogP contribution is -2.56. The SMILES string of the molecule is O=C(CN1CCN(C(=O)[C@@H]2CCCN2C(=O)c2cccs2)CC1)N1CCOCC1. The number of hydrogen-bond acceptors (Lipinski definition) is 6. The van der Waals surface area contributed by atoms with Crippen LogP contribution in [0.3, 0.4) is 0 Å². The minimum absolute atomic E-state index is 0.0365. The highest BCUT2D eigenvalue weighted by atomic mass is 32.1. The second-order valence-corrected chi connectivity index (χ2v) is 8.68. The zero-order chi connectivity index (χ0) is 20.2. The van der Waals surface area contributed by atoms with Crippen molar-refractivity contribution in [2.75, 3.05) is 65.6 Å². The topological polar surface area (TPSA) is 73.4 Å². The molecule has 0 aliphatic carbocycles. The Balaban J connectivity index is 1.28. The van der Waals surface area contributed by atoms with Crippen LogP contribution in [0, 0.1) is 0 Å². The summed E-state index contributed by atoms with van der Waals surface area (Å²) in [5.41, 5.74) is 0. The van der Waals surface area contributed by atoms with E-state index in [1.54, 1.807) is 4.90 Å². The lowest BCUT2D eigenvalue weighted by atomic mass is 10.1. The zero-order valence-corrected chi connectivity index (χ0v) is 17.4. The number of amides is 3. The summed E-state index contributed by atoms with van der Waals surface area (Å²) in [4.78, 5) is 46.5. The molecule has 3 aliphatic heterocycles. The maximum Gasteiger partial charge on any atom is 0.264 e. The number of likely N-dealkylation sites (tertiary alicyclic amines) is 1. The van der Waals surface area contributed by atoms with Crippen LogP contribution in [0.2, 0.25) is 0 Å². The van der Waals surface area contributed by atoms with Gasteiger partial charge in [0, 0.05) is 45.8 Å². The highest BCUT2D eigenvalue weighted by Crippen LogP contribution is 2.24. The Morgan fingerprint density at radius 1 is 1.00 bits per heavy atom. The van der Waals surface area contributed by atoms with E-state index in [-0.39, 0.29) is 23.8 Å². The van der Waals surface area contributed by atoms with Gasteiger partial charge in [-0.15, -0.1) is 11.3 Å². The van der Waals surface area contributed by atoms with E-state index in [0.717, 1.165) is 12.8 Å². The molecule has 4 heterocycles. The fourth-order valence-electron chi connectivity index (χ4n) is 4.25. The molecule has 0 radical (unpaired) electrons. The van der Waals surface area contributed by atoms with Crippen molar-refractivity contribution in [2.45, 2.75) is 18.9 Å². The largest absolute Gasteiger partial charge is 0.378 e. The number of ether oxygens (including phenoxy) is 1. The van der Waals surface area contributed by atoms with E-state index < -0.39 is 0 Å². The van der Waals surface area contributed by atoms with Gasteiger partial charge in [0.25, 0.3) is 5.91 Å². The average molecular weight is 421 g/mol. The summed E-state index contributed by atoms with van der Waals surface area (Å²) in [5, 5.41) is 1.89. The van der Waals surface area contributed by atoms with E-state index in [1.165, 1.54) is 11.3 Å². The first-order valence-corrected chi connectivity index (χ1v) is 11.2. The molecular formula is C20H28N4O4S. The van der Waals surface area contributed by atoms with Crippen LogP contribution >= 0.6 is 11.3 Å². The second kappa shape index (κ2) is 9.23. The molecule has 158 valence electrons. The Hall–Kier alpha value is -1.97. The van der Waals surface area contributed by atoms with E-state index in [4.69, 9.17) is 4.74 Å². The van der Waals surface area contributed by atoms with Crippen LogP contribution in [0.25, 0.3) is 0 Å². The number of nitrogens with zero attached hydrogens (tertiary/aromatic N) is 4. The summed E-state index contributed by atoms with van der Waals surface area (Å²) in [7, 11) is 0. The Morgan fingerprint density at radius 3 is 2.45 bits per heavy atom. The minimum Gasteiger partial charge on any atom is -0.378 e. The van der Waals surface area contributed by atoms with Crippen LogP contribution < -0.4 is 0 Å².